The van der Waals surface area contributed by atoms with Crippen molar-refractivity contribution in [3.05, 3.63) is 23.0 Å². The van der Waals surface area contributed by atoms with Crippen LogP contribution in [0.25, 0.3) is 0 Å². The van der Waals surface area contributed by atoms with Gasteiger partial charge in [-0.05, 0) is 25.5 Å². The third kappa shape index (κ3) is 3.81. The average molecular weight is 283 g/mol. The quantitative estimate of drug-likeness (QED) is 0.776. The van der Waals surface area contributed by atoms with E-state index in [4.69, 9.17) is 17.3 Å². The first-order valence-electron chi connectivity index (χ1n) is 6.55. The van der Waals surface area contributed by atoms with Gasteiger partial charge in [-0.1, -0.05) is 18.5 Å². The number of carbonyl (C=O) groups is 1. The van der Waals surface area contributed by atoms with E-state index in [2.05, 4.69) is 22.1 Å². The lowest BCUT2D eigenvalue weighted by Crippen LogP contribution is -2.36. The molecule has 5 nitrogen and oxygen atoms in total. The summed E-state index contributed by atoms with van der Waals surface area (Å²) in [6.07, 6.45) is 3.98. The normalized spacial score (nSPS) is 14.7. The number of anilines is 1. The van der Waals surface area contributed by atoms with Gasteiger partial charge in [0.15, 0.2) is 0 Å². The fourth-order valence-electron chi connectivity index (χ4n) is 2.07. The van der Waals surface area contributed by atoms with E-state index in [-0.39, 0.29) is 11.1 Å². The molecule has 0 saturated heterocycles. The number of nitrogens with zero attached hydrogens (tertiary/aromatic N) is 2. The second kappa shape index (κ2) is 6.21. The SMILES string of the molecule is CCN(CCNC(=O)c1cc(N)cnc1Cl)C1CC1. The largest absolute Gasteiger partial charge is 0.397 e. The van der Waals surface area contributed by atoms with E-state index in [9.17, 15) is 4.79 Å². The van der Waals surface area contributed by atoms with Crippen LogP contribution in [0.15, 0.2) is 12.3 Å². The Hall–Kier alpha value is -1.33. The van der Waals surface area contributed by atoms with Crippen LogP contribution in [-0.2, 0) is 0 Å². The number of hydrogen-bond donors (Lipinski definition) is 2. The molecule has 2 rings (SSSR count). The zero-order valence-corrected chi connectivity index (χ0v) is 11.8. The molecule has 1 aromatic heterocycles. The molecule has 1 aromatic rings. The van der Waals surface area contributed by atoms with E-state index in [0.29, 0.717) is 23.8 Å². The first-order chi connectivity index (χ1) is 9.11. The summed E-state index contributed by atoms with van der Waals surface area (Å²) in [5.41, 5.74) is 6.37. The fourth-order valence-corrected chi connectivity index (χ4v) is 2.26. The topological polar surface area (TPSA) is 71.2 Å². The van der Waals surface area contributed by atoms with Gasteiger partial charge in [0, 0.05) is 19.1 Å². The van der Waals surface area contributed by atoms with Gasteiger partial charge in [-0.3, -0.25) is 9.69 Å². The fraction of sp³-hybridized carbons (Fsp3) is 0.538. The Balaban J connectivity index is 1.85. The van der Waals surface area contributed by atoms with Crippen LogP contribution in [0.5, 0.6) is 0 Å². The number of likely N-dealkylation sites (N-methyl/N-ethyl adjacent to an activating group) is 1. The third-order valence-electron chi connectivity index (χ3n) is 3.26. The Bertz CT molecular complexity index is 462. The molecular weight excluding hydrogens is 264 g/mol. The van der Waals surface area contributed by atoms with Crippen molar-refractivity contribution in [1.82, 2.24) is 15.2 Å². The number of nitrogens with one attached hydrogen (secondary N) is 1. The Morgan fingerprint density at radius 1 is 1.63 bits per heavy atom. The maximum absolute atomic E-state index is 12.0. The lowest BCUT2D eigenvalue weighted by Gasteiger charge is -2.19. The van der Waals surface area contributed by atoms with E-state index >= 15 is 0 Å². The lowest BCUT2D eigenvalue weighted by molar-refractivity contribution is 0.0948. The molecule has 1 aliphatic carbocycles. The van der Waals surface area contributed by atoms with Gasteiger partial charge in [-0.15, -0.1) is 0 Å². The van der Waals surface area contributed by atoms with Gasteiger partial charge >= 0.3 is 0 Å². The molecule has 0 unspecified atom stereocenters. The number of halogens is 1. The van der Waals surface area contributed by atoms with Crippen LogP contribution in [0.4, 0.5) is 5.69 Å². The molecular formula is C13H19ClN4O. The molecule has 1 saturated carbocycles. The maximum atomic E-state index is 12.0. The number of pyridine rings is 1. The molecule has 0 atom stereocenters. The second-order valence-corrected chi connectivity index (χ2v) is 5.08. The number of nitrogen functional groups attached to an aromatic ring is 1. The molecule has 19 heavy (non-hydrogen) atoms. The van der Waals surface area contributed by atoms with Crippen molar-refractivity contribution in [2.45, 2.75) is 25.8 Å². The van der Waals surface area contributed by atoms with Gasteiger partial charge in [0.2, 0.25) is 0 Å². The number of nitrogens with two attached hydrogens (primary N) is 1. The van der Waals surface area contributed by atoms with Crippen LogP contribution in [0, 0.1) is 0 Å². The highest BCUT2D eigenvalue weighted by Crippen LogP contribution is 2.25. The van der Waals surface area contributed by atoms with Crippen LogP contribution in [0.3, 0.4) is 0 Å². The van der Waals surface area contributed by atoms with Crippen molar-refractivity contribution in [2.24, 2.45) is 0 Å². The predicted molar refractivity (Wildman–Crippen MR) is 76.3 cm³/mol. The molecule has 0 spiro atoms. The van der Waals surface area contributed by atoms with Crippen LogP contribution in [-0.4, -0.2) is 41.5 Å². The first-order valence-corrected chi connectivity index (χ1v) is 6.93. The Labute approximate surface area is 118 Å². The predicted octanol–water partition coefficient (Wildman–Crippen LogP) is 1.53. The first kappa shape index (κ1) is 14.1. The smallest absolute Gasteiger partial charge is 0.254 e. The zero-order chi connectivity index (χ0) is 13.8. The summed E-state index contributed by atoms with van der Waals surface area (Å²) >= 11 is 5.88. The number of amides is 1. The molecule has 0 aliphatic heterocycles. The summed E-state index contributed by atoms with van der Waals surface area (Å²) < 4.78 is 0. The number of rotatable bonds is 6. The van der Waals surface area contributed by atoms with Crippen molar-refractivity contribution in [3.63, 3.8) is 0 Å². The minimum Gasteiger partial charge on any atom is -0.397 e. The number of carbonyl (C=O) groups excluding carboxylic acids is 1. The van der Waals surface area contributed by atoms with E-state index in [1.165, 1.54) is 19.0 Å². The van der Waals surface area contributed by atoms with Crippen molar-refractivity contribution < 1.29 is 4.79 Å². The maximum Gasteiger partial charge on any atom is 0.254 e. The van der Waals surface area contributed by atoms with Gasteiger partial charge in [0.1, 0.15) is 5.15 Å². The van der Waals surface area contributed by atoms with Gasteiger partial charge < -0.3 is 11.1 Å². The van der Waals surface area contributed by atoms with Crippen molar-refractivity contribution in [3.8, 4) is 0 Å². The van der Waals surface area contributed by atoms with E-state index in [1.54, 1.807) is 6.07 Å². The summed E-state index contributed by atoms with van der Waals surface area (Å²) in [6.45, 7) is 4.62. The van der Waals surface area contributed by atoms with E-state index in [0.717, 1.165) is 13.1 Å². The van der Waals surface area contributed by atoms with Crippen LogP contribution < -0.4 is 11.1 Å². The highest BCUT2D eigenvalue weighted by atomic mass is 35.5. The van der Waals surface area contributed by atoms with Crippen molar-refractivity contribution in [1.29, 1.82) is 0 Å². The molecule has 0 aromatic carbocycles. The van der Waals surface area contributed by atoms with Crippen LogP contribution >= 0.6 is 11.6 Å². The lowest BCUT2D eigenvalue weighted by atomic mass is 10.2. The average Bonchev–Trinajstić information content (AvgIpc) is 3.21. The molecule has 1 amide bonds. The summed E-state index contributed by atoms with van der Waals surface area (Å²) in [6, 6.07) is 2.25. The highest BCUT2D eigenvalue weighted by Gasteiger charge is 2.27. The summed E-state index contributed by atoms with van der Waals surface area (Å²) in [5, 5.41) is 3.04. The van der Waals surface area contributed by atoms with Crippen LogP contribution in [0.2, 0.25) is 5.15 Å². The van der Waals surface area contributed by atoms with Crippen molar-refractivity contribution in [2.75, 3.05) is 25.4 Å². The summed E-state index contributed by atoms with van der Waals surface area (Å²) in [7, 11) is 0. The molecule has 1 heterocycles. The minimum atomic E-state index is -0.225. The van der Waals surface area contributed by atoms with Crippen LogP contribution in [0.1, 0.15) is 30.1 Å². The summed E-state index contributed by atoms with van der Waals surface area (Å²) in [4.78, 5) is 18.2. The molecule has 0 bridgehead atoms. The van der Waals surface area contributed by atoms with Gasteiger partial charge in [-0.25, -0.2) is 4.98 Å². The van der Waals surface area contributed by atoms with Gasteiger partial charge in [-0.2, -0.15) is 0 Å². The van der Waals surface area contributed by atoms with Gasteiger partial charge in [0.25, 0.3) is 5.91 Å². The Morgan fingerprint density at radius 2 is 2.37 bits per heavy atom. The van der Waals surface area contributed by atoms with E-state index < -0.39 is 0 Å². The standard InChI is InChI=1S/C13H19ClN4O/c1-2-18(10-3-4-10)6-5-16-13(19)11-7-9(15)8-17-12(11)14/h7-8,10H,2-6,15H2,1H3,(H,16,19). The monoisotopic (exact) mass is 282 g/mol. The molecule has 3 N–H and O–H groups in total. The minimum absolute atomic E-state index is 0.182. The second-order valence-electron chi connectivity index (χ2n) is 4.72. The van der Waals surface area contributed by atoms with Crippen molar-refractivity contribution >= 4 is 23.2 Å². The van der Waals surface area contributed by atoms with E-state index in [1.807, 2.05) is 0 Å². The molecule has 1 aliphatic rings. The number of hydrogen-bond acceptors (Lipinski definition) is 4. The Morgan fingerprint density at radius 3 is 3.00 bits per heavy atom. The third-order valence-corrected chi connectivity index (χ3v) is 3.56. The van der Waals surface area contributed by atoms with Gasteiger partial charge in [0.05, 0.1) is 17.4 Å². The highest BCUT2D eigenvalue weighted by molar-refractivity contribution is 6.32. The summed E-state index contributed by atoms with van der Waals surface area (Å²) in [5.74, 6) is -0.225. The molecule has 6 heteroatoms. The zero-order valence-electron chi connectivity index (χ0n) is 11.0. The Kier molecular flexibility index (Phi) is 4.61. The molecule has 1 fully saturated rings. The number of aromatic nitrogens is 1. The molecule has 104 valence electrons. The molecule has 0 radical (unpaired) electrons.